The number of halogens is 3. The predicted molar refractivity (Wildman–Crippen MR) is 72.4 cm³/mol. The molecule has 2 rings (SSSR count). The number of hydrogen-bond donors (Lipinski definition) is 1. The first-order chi connectivity index (χ1) is 10.7. The van der Waals surface area contributed by atoms with E-state index in [1.165, 1.54) is 18.2 Å². The first-order valence-electron chi connectivity index (χ1n) is 6.76. The Morgan fingerprint density at radius 1 is 1.39 bits per heavy atom. The molecule has 1 N–H and O–H groups in total. The summed E-state index contributed by atoms with van der Waals surface area (Å²) in [5, 5.41) is 17.6. The Morgan fingerprint density at radius 2 is 2.09 bits per heavy atom. The zero-order valence-corrected chi connectivity index (χ0v) is 11.9. The number of alkyl halides is 3. The summed E-state index contributed by atoms with van der Waals surface area (Å²) in [5.41, 5.74) is -2.22. The number of benzene rings is 1. The number of aliphatic carboxylic acids is 1. The minimum absolute atomic E-state index is 0.0722. The molecule has 1 heterocycles. The van der Waals surface area contributed by atoms with Crippen molar-refractivity contribution in [1.82, 2.24) is 4.90 Å². The molecule has 0 bridgehead atoms. The van der Waals surface area contributed by atoms with Gasteiger partial charge in [-0.2, -0.15) is 18.4 Å². The highest BCUT2D eigenvalue weighted by molar-refractivity contribution is 5.95. The molecular weight excluding hydrogens is 313 g/mol. The molecule has 0 aliphatic carbocycles. The summed E-state index contributed by atoms with van der Waals surface area (Å²) in [4.78, 5) is 24.3. The number of nitriles is 1. The lowest BCUT2D eigenvalue weighted by molar-refractivity contribution is -0.227. The summed E-state index contributed by atoms with van der Waals surface area (Å²) in [6.07, 6.45) is -5.53. The van der Waals surface area contributed by atoms with Gasteiger partial charge in [0.2, 0.25) is 0 Å². The smallest absolute Gasteiger partial charge is 0.406 e. The molecule has 0 aromatic heterocycles. The van der Waals surface area contributed by atoms with Crippen LogP contribution in [0.3, 0.4) is 0 Å². The van der Waals surface area contributed by atoms with Crippen molar-refractivity contribution >= 4 is 11.9 Å². The second-order valence-electron chi connectivity index (χ2n) is 5.40. The first kappa shape index (κ1) is 16.8. The van der Waals surface area contributed by atoms with Gasteiger partial charge in [-0.1, -0.05) is 12.1 Å². The van der Waals surface area contributed by atoms with Gasteiger partial charge in [0.1, 0.15) is 0 Å². The molecule has 1 aliphatic rings. The molecular formula is C15H13F3N2O3. The van der Waals surface area contributed by atoms with Gasteiger partial charge >= 0.3 is 12.1 Å². The van der Waals surface area contributed by atoms with Gasteiger partial charge < -0.3 is 10.0 Å². The SMILES string of the molecule is N#CCc1cccc(C(=O)N2CCC(C(=O)O)(C(F)(F)F)C2)c1. The van der Waals surface area contributed by atoms with Crippen molar-refractivity contribution in [2.75, 3.05) is 13.1 Å². The van der Waals surface area contributed by atoms with Crippen LogP contribution in [0.5, 0.6) is 0 Å². The van der Waals surface area contributed by atoms with Gasteiger partial charge in [0.05, 0.1) is 12.5 Å². The molecule has 1 aromatic rings. The van der Waals surface area contributed by atoms with Gasteiger partial charge in [-0.3, -0.25) is 9.59 Å². The van der Waals surface area contributed by atoms with E-state index in [0.717, 1.165) is 4.90 Å². The van der Waals surface area contributed by atoms with Crippen LogP contribution in [0.1, 0.15) is 22.3 Å². The zero-order chi connectivity index (χ0) is 17.3. The molecule has 5 nitrogen and oxygen atoms in total. The van der Waals surface area contributed by atoms with E-state index >= 15 is 0 Å². The second kappa shape index (κ2) is 5.91. The number of nitrogens with zero attached hydrogens (tertiary/aromatic N) is 2. The van der Waals surface area contributed by atoms with Crippen LogP contribution in [0.25, 0.3) is 0 Å². The maximum Gasteiger partial charge on any atom is 0.406 e. The Hall–Kier alpha value is -2.56. The van der Waals surface area contributed by atoms with E-state index in [9.17, 15) is 22.8 Å². The lowest BCUT2D eigenvalue weighted by Gasteiger charge is -2.27. The average molecular weight is 326 g/mol. The summed E-state index contributed by atoms with van der Waals surface area (Å²) in [7, 11) is 0. The standard InChI is InChI=1S/C15H13F3N2O3/c16-15(17,18)14(13(22)23)5-7-20(9-14)12(21)11-3-1-2-10(8-11)4-6-19/h1-3,8H,4-5,7,9H2,(H,22,23). The molecule has 1 saturated heterocycles. The number of rotatable bonds is 3. The van der Waals surface area contributed by atoms with Crippen molar-refractivity contribution < 1.29 is 27.9 Å². The van der Waals surface area contributed by atoms with E-state index in [2.05, 4.69) is 0 Å². The number of amides is 1. The fraction of sp³-hybridized carbons (Fsp3) is 0.400. The van der Waals surface area contributed by atoms with Crippen LogP contribution < -0.4 is 0 Å². The molecule has 1 fully saturated rings. The van der Waals surface area contributed by atoms with Crippen LogP contribution in [-0.4, -0.2) is 41.1 Å². The summed E-state index contributed by atoms with van der Waals surface area (Å²) >= 11 is 0. The fourth-order valence-electron chi connectivity index (χ4n) is 2.60. The minimum atomic E-state index is -4.93. The highest BCUT2D eigenvalue weighted by Gasteiger charge is 2.64. The predicted octanol–water partition coefficient (Wildman–Crippen LogP) is 2.23. The molecule has 8 heteroatoms. The lowest BCUT2D eigenvalue weighted by atomic mass is 9.86. The van der Waals surface area contributed by atoms with Crippen molar-refractivity contribution in [3.8, 4) is 6.07 Å². The summed E-state index contributed by atoms with van der Waals surface area (Å²) < 4.78 is 39.3. The molecule has 1 aromatic carbocycles. The van der Waals surface area contributed by atoms with Crippen LogP contribution in [0.2, 0.25) is 0 Å². The quantitative estimate of drug-likeness (QED) is 0.923. The van der Waals surface area contributed by atoms with Crippen LogP contribution in [-0.2, 0) is 11.2 Å². The van der Waals surface area contributed by atoms with E-state index in [-0.39, 0.29) is 18.5 Å². The van der Waals surface area contributed by atoms with E-state index in [1.807, 2.05) is 6.07 Å². The van der Waals surface area contributed by atoms with Crippen LogP contribution >= 0.6 is 0 Å². The van der Waals surface area contributed by atoms with E-state index in [0.29, 0.717) is 5.56 Å². The number of carboxylic acids is 1. The van der Waals surface area contributed by atoms with E-state index < -0.39 is 36.4 Å². The van der Waals surface area contributed by atoms with Crippen LogP contribution in [0.4, 0.5) is 13.2 Å². The number of carboxylic acid groups (broad SMARTS) is 1. The molecule has 0 saturated carbocycles. The van der Waals surface area contributed by atoms with Crippen molar-refractivity contribution in [3.05, 3.63) is 35.4 Å². The summed E-state index contributed by atoms with van der Waals surface area (Å²) in [6, 6.07) is 7.93. The molecule has 23 heavy (non-hydrogen) atoms. The summed E-state index contributed by atoms with van der Waals surface area (Å²) in [5.74, 6) is -2.64. The highest BCUT2D eigenvalue weighted by Crippen LogP contribution is 2.45. The summed E-state index contributed by atoms with van der Waals surface area (Å²) in [6.45, 7) is -1.19. The van der Waals surface area contributed by atoms with Crippen molar-refractivity contribution in [2.45, 2.75) is 19.0 Å². The van der Waals surface area contributed by atoms with Gasteiger partial charge in [-0.05, 0) is 24.1 Å². The van der Waals surface area contributed by atoms with Crippen molar-refractivity contribution in [1.29, 1.82) is 5.26 Å². The maximum atomic E-state index is 13.1. The van der Waals surface area contributed by atoms with E-state index in [4.69, 9.17) is 10.4 Å². The van der Waals surface area contributed by atoms with Gasteiger partial charge in [0, 0.05) is 18.7 Å². The molecule has 1 atom stereocenters. The van der Waals surface area contributed by atoms with Crippen molar-refractivity contribution in [3.63, 3.8) is 0 Å². The second-order valence-corrected chi connectivity index (χ2v) is 5.40. The molecule has 0 spiro atoms. The monoisotopic (exact) mass is 326 g/mol. The third-order valence-corrected chi connectivity index (χ3v) is 3.97. The Labute approximate surface area is 129 Å². The number of likely N-dealkylation sites (tertiary alicyclic amines) is 1. The number of carbonyl (C=O) groups excluding carboxylic acids is 1. The molecule has 1 unspecified atom stereocenters. The molecule has 0 radical (unpaired) electrons. The van der Waals surface area contributed by atoms with Crippen LogP contribution in [0.15, 0.2) is 24.3 Å². The first-order valence-corrected chi connectivity index (χ1v) is 6.76. The molecule has 122 valence electrons. The minimum Gasteiger partial charge on any atom is -0.481 e. The number of carbonyl (C=O) groups is 2. The van der Waals surface area contributed by atoms with Gasteiger partial charge in [-0.15, -0.1) is 0 Å². The Balaban J connectivity index is 2.24. The van der Waals surface area contributed by atoms with E-state index in [1.54, 1.807) is 6.07 Å². The number of hydrogen-bond acceptors (Lipinski definition) is 3. The Bertz CT molecular complexity index is 681. The lowest BCUT2D eigenvalue weighted by Crippen LogP contribution is -2.47. The molecule has 1 aliphatic heterocycles. The topological polar surface area (TPSA) is 81.4 Å². The third kappa shape index (κ3) is 2.99. The fourth-order valence-corrected chi connectivity index (χ4v) is 2.60. The zero-order valence-electron chi connectivity index (χ0n) is 11.9. The molecule has 1 amide bonds. The normalized spacial score (nSPS) is 21.0. The largest absolute Gasteiger partial charge is 0.481 e. The Kier molecular flexibility index (Phi) is 4.32. The van der Waals surface area contributed by atoms with Crippen molar-refractivity contribution in [2.24, 2.45) is 5.41 Å². The van der Waals surface area contributed by atoms with Gasteiger partial charge in [0.15, 0.2) is 5.41 Å². The maximum absolute atomic E-state index is 13.1. The average Bonchev–Trinajstić information content (AvgIpc) is 2.93. The Morgan fingerprint density at radius 3 is 2.61 bits per heavy atom. The highest BCUT2D eigenvalue weighted by atomic mass is 19.4. The third-order valence-electron chi connectivity index (χ3n) is 3.97. The van der Waals surface area contributed by atoms with Crippen LogP contribution in [0, 0.1) is 16.7 Å². The van der Waals surface area contributed by atoms with Gasteiger partial charge in [0.25, 0.3) is 5.91 Å². The van der Waals surface area contributed by atoms with Gasteiger partial charge in [-0.25, -0.2) is 0 Å².